The third kappa shape index (κ3) is 2.29. The normalized spacial score (nSPS) is 12.2. The minimum absolute atomic E-state index is 0.242. The van der Waals surface area contributed by atoms with Gasteiger partial charge < -0.3 is 9.84 Å². The first-order chi connectivity index (χ1) is 6.15. The van der Waals surface area contributed by atoms with Crippen LogP contribution < -0.4 is 0 Å². The van der Waals surface area contributed by atoms with Crippen LogP contribution in [0.3, 0.4) is 0 Å². The van der Waals surface area contributed by atoms with Crippen molar-refractivity contribution in [2.75, 3.05) is 7.11 Å². The van der Waals surface area contributed by atoms with Crippen molar-refractivity contribution in [2.24, 2.45) is 0 Å². The summed E-state index contributed by atoms with van der Waals surface area (Å²) in [6.45, 7) is 3.51. The third-order valence-corrected chi connectivity index (χ3v) is 1.75. The second-order valence-electron chi connectivity index (χ2n) is 2.62. The second-order valence-corrected chi connectivity index (χ2v) is 2.62. The molecule has 1 unspecified atom stereocenters. The largest absolute Gasteiger partial charge is 0.499 e. The summed E-state index contributed by atoms with van der Waals surface area (Å²) < 4.78 is 17.3. The van der Waals surface area contributed by atoms with Gasteiger partial charge in [-0.1, -0.05) is 18.7 Å². The highest BCUT2D eigenvalue weighted by molar-refractivity contribution is 5.23. The maximum Gasteiger partial charge on any atom is 0.135 e. The van der Waals surface area contributed by atoms with E-state index in [0.29, 0.717) is 5.56 Å². The van der Waals surface area contributed by atoms with Crippen LogP contribution in [0.4, 0.5) is 4.39 Å². The van der Waals surface area contributed by atoms with Crippen LogP contribution in [0.15, 0.2) is 36.6 Å². The van der Waals surface area contributed by atoms with E-state index in [1.807, 2.05) is 0 Å². The number of hydrogen-bond donors (Lipinski definition) is 1. The molecule has 0 aromatic heterocycles. The number of methoxy groups -OCH3 is 1. The van der Waals surface area contributed by atoms with Gasteiger partial charge in [0, 0.05) is 0 Å². The molecule has 0 bridgehead atoms. The molecule has 0 aliphatic carbocycles. The molecule has 1 aromatic carbocycles. The van der Waals surface area contributed by atoms with Gasteiger partial charge in [-0.2, -0.15) is 0 Å². The van der Waals surface area contributed by atoms with Crippen LogP contribution in [0.25, 0.3) is 0 Å². The molecule has 1 aromatic rings. The average Bonchev–Trinajstić information content (AvgIpc) is 2.17. The van der Waals surface area contributed by atoms with E-state index >= 15 is 0 Å². The van der Waals surface area contributed by atoms with Crippen LogP contribution in [0.2, 0.25) is 0 Å². The monoisotopic (exact) mass is 182 g/mol. The van der Waals surface area contributed by atoms with Gasteiger partial charge >= 0.3 is 0 Å². The summed E-state index contributed by atoms with van der Waals surface area (Å²) >= 11 is 0. The van der Waals surface area contributed by atoms with E-state index in [0.717, 1.165) is 0 Å². The predicted octanol–water partition coefficient (Wildman–Crippen LogP) is 2.02. The summed E-state index contributed by atoms with van der Waals surface area (Å²) in [6, 6.07) is 5.54. The van der Waals surface area contributed by atoms with Gasteiger partial charge in [0.15, 0.2) is 0 Å². The zero-order valence-corrected chi connectivity index (χ0v) is 7.33. The first-order valence-corrected chi connectivity index (χ1v) is 3.81. The van der Waals surface area contributed by atoms with E-state index in [9.17, 15) is 9.50 Å². The second kappa shape index (κ2) is 4.05. The summed E-state index contributed by atoms with van der Waals surface area (Å²) in [4.78, 5) is 0. The van der Waals surface area contributed by atoms with Gasteiger partial charge in [-0.25, -0.2) is 4.39 Å². The van der Waals surface area contributed by atoms with Crippen molar-refractivity contribution in [2.45, 2.75) is 6.10 Å². The molecule has 0 aliphatic heterocycles. The average molecular weight is 182 g/mol. The van der Waals surface area contributed by atoms with Crippen LogP contribution >= 0.6 is 0 Å². The molecule has 1 atom stereocenters. The Kier molecular flexibility index (Phi) is 3.03. The van der Waals surface area contributed by atoms with Gasteiger partial charge in [0.2, 0.25) is 0 Å². The third-order valence-electron chi connectivity index (χ3n) is 1.75. The lowest BCUT2D eigenvalue weighted by molar-refractivity contribution is 0.130. The molecule has 70 valence electrons. The Morgan fingerprint density at radius 2 is 2.00 bits per heavy atom. The van der Waals surface area contributed by atoms with Crippen LogP contribution in [0.5, 0.6) is 0 Å². The first kappa shape index (κ1) is 9.74. The lowest BCUT2D eigenvalue weighted by Gasteiger charge is -2.12. The maximum atomic E-state index is 12.5. The lowest BCUT2D eigenvalue weighted by atomic mass is 10.1. The van der Waals surface area contributed by atoms with Gasteiger partial charge in [0.1, 0.15) is 17.7 Å². The fourth-order valence-electron chi connectivity index (χ4n) is 0.943. The van der Waals surface area contributed by atoms with Crippen LogP contribution in [0, 0.1) is 5.82 Å². The summed E-state index contributed by atoms with van der Waals surface area (Å²) in [5.74, 6) is -0.0920. The van der Waals surface area contributed by atoms with Crippen molar-refractivity contribution < 1.29 is 14.2 Å². The summed E-state index contributed by atoms with van der Waals surface area (Å²) in [7, 11) is 1.43. The van der Waals surface area contributed by atoms with Crippen molar-refractivity contribution in [3.63, 3.8) is 0 Å². The molecular formula is C10H11FO2. The molecule has 0 amide bonds. The molecule has 0 fully saturated rings. The molecule has 0 aliphatic rings. The Morgan fingerprint density at radius 1 is 1.46 bits per heavy atom. The molecule has 0 saturated heterocycles. The summed E-state index contributed by atoms with van der Waals surface area (Å²) in [5, 5.41) is 9.53. The Hall–Kier alpha value is -1.35. The highest BCUT2D eigenvalue weighted by Gasteiger charge is 2.11. The first-order valence-electron chi connectivity index (χ1n) is 3.81. The predicted molar refractivity (Wildman–Crippen MR) is 47.5 cm³/mol. The van der Waals surface area contributed by atoms with Crippen molar-refractivity contribution in [1.82, 2.24) is 0 Å². The molecule has 0 heterocycles. The molecule has 3 heteroatoms. The van der Waals surface area contributed by atoms with E-state index in [4.69, 9.17) is 4.74 Å². The molecule has 1 N–H and O–H groups in total. The summed E-state index contributed by atoms with van der Waals surface area (Å²) in [5.41, 5.74) is 0.563. The van der Waals surface area contributed by atoms with Crippen molar-refractivity contribution >= 4 is 0 Å². The summed E-state index contributed by atoms with van der Waals surface area (Å²) in [6.07, 6.45) is -0.898. The number of ether oxygens (including phenoxy) is 1. The van der Waals surface area contributed by atoms with Crippen molar-refractivity contribution in [3.8, 4) is 0 Å². The minimum Gasteiger partial charge on any atom is -0.499 e. The highest BCUT2D eigenvalue weighted by Crippen LogP contribution is 2.20. The number of aliphatic hydroxyl groups excluding tert-OH is 1. The van der Waals surface area contributed by atoms with E-state index in [-0.39, 0.29) is 11.6 Å². The molecule has 0 saturated carbocycles. The van der Waals surface area contributed by atoms with Gasteiger partial charge in [-0.3, -0.25) is 0 Å². The Morgan fingerprint density at radius 3 is 2.46 bits per heavy atom. The van der Waals surface area contributed by atoms with Gasteiger partial charge in [-0.05, 0) is 17.7 Å². The molecule has 0 spiro atoms. The highest BCUT2D eigenvalue weighted by atomic mass is 19.1. The lowest BCUT2D eigenvalue weighted by Crippen LogP contribution is -2.01. The van der Waals surface area contributed by atoms with Crippen LogP contribution in [-0.4, -0.2) is 12.2 Å². The molecule has 2 nitrogen and oxygen atoms in total. The van der Waals surface area contributed by atoms with Crippen LogP contribution in [-0.2, 0) is 4.74 Å². The smallest absolute Gasteiger partial charge is 0.135 e. The fourth-order valence-corrected chi connectivity index (χ4v) is 0.943. The molecule has 1 rings (SSSR count). The van der Waals surface area contributed by atoms with Crippen molar-refractivity contribution in [3.05, 3.63) is 48.0 Å². The van der Waals surface area contributed by atoms with Crippen LogP contribution in [0.1, 0.15) is 11.7 Å². The number of halogens is 1. The molecule has 0 radical (unpaired) electrons. The number of hydrogen-bond acceptors (Lipinski definition) is 2. The van der Waals surface area contributed by atoms with E-state index < -0.39 is 6.10 Å². The quantitative estimate of drug-likeness (QED) is 0.724. The Balaban J connectivity index is 2.83. The standard InChI is InChI=1S/C10H11FO2/c1-7(13-2)10(12)8-3-5-9(11)6-4-8/h3-6,10,12H,1H2,2H3. The number of benzene rings is 1. The van der Waals surface area contributed by atoms with Gasteiger partial charge in [0.05, 0.1) is 7.11 Å². The number of rotatable bonds is 3. The Bertz CT molecular complexity index is 292. The number of aliphatic hydroxyl groups is 1. The molecular weight excluding hydrogens is 171 g/mol. The minimum atomic E-state index is -0.898. The van der Waals surface area contributed by atoms with Crippen molar-refractivity contribution in [1.29, 1.82) is 0 Å². The molecule has 13 heavy (non-hydrogen) atoms. The topological polar surface area (TPSA) is 29.5 Å². The zero-order valence-electron chi connectivity index (χ0n) is 7.33. The van der Waals surface area contributed by atoms with E-state index in [1.165, 1.54) is 31.4 Å². The van der Waals surface area contributed by atoms with Gasteiger partial charge in [0.25, 0.3) is 0 Å². The Labute approximate surface area is 76.3 Å². The van der Waals surface area contributed by atoms with E-state index in [1.54, 1.807) is 0 Å². The maximum absolute atomic E-state index is 12.5. The fraction of sp³-hybridized carbons (Fsp3) is 0.200. The van der Waals surface area contributed by atoms with E-state index in [2.05, 4.69) is 6.58 Å². The SMILES string of the molecule is C=C(OC)C(O)c1ccc(F)cc1. The van der Waals surface area contributed by atoms with Gasteiger partial charge in [-0.15, -0.1) is 0 Å². The zero-order chi connectivity index (χ0) is 9.84.